The molecule has 206 valence electrons. The number of aliphatic hydroxyl groups is 1. The first-order valence-corrected chi connectivity index (χ1v) is 14.0. The zero-order valence-corrected chi connectivity index (χ0v) is 23.6. The van der Waals surface area contributed by atoms with Crippen LogP contribution in [0.25, 0.3) is 5.69 Å². The van der Waals surface area contributed by atoms with Crippen LogP contribution < -0.4 is 4.74 Å². The molecule has 0 aliphatic heterocycles. The molecule has 0 saturated carbocycles. The lowest BCUT2D eigenvalue weighted by molar-refractivity contribution is 0.233. The number of imidazole rings is 1. The van der Waals surface area contributed by atoms with Crippen molar-refractivity contribution in [1.82, 2.24) is 9.55 Å². The molecule has 0 fully saturated rings. The third-order valence-electron chi connectivity index (χ3n) is 6.63. The predicted octanol–water partition coefficient (Wildman–Crippen LogP) is 7.88. The molecule has 0 radical (unpaired) electrons. The van der Waals surface area contributed by atoms with Gasteiger partial charge < -0.3 is 9.84 Å². The molecule has 9 heteroatoms. The third-order valence-corrected chi connectivity index (χ3v) is 7.95. The Morgan fingerprint density at radius 1 is 1.03 bits per heavy atom. The lowest BCUT2D eigenvalue weighted by Crippen LogP contribution is -2.23. The topological polar surface area (TPSA) is 47.3 Å². The summed E-state index contributed by atoms with van der Waals surface area (Å²) < 4.78 is 50.4. The minimum atomic E-state index is -0.589. The average molecular weight is 575 g/mol. The Kier molecular flexibility index (Phi) is 9.31. The van der Waals surface area contributed by atoms with E-state index in [1.807, 2.05) is 31.4 Å². The summed E-state index contributed by atoms with van der Waals surface area (Å²) in [6, 6.07) is 14.0. The number of hydrogen-bond acceptors (Lipinski definition) is 4. The maximum atomic E-state index is 15.0. The van der Waals surface area contributed by atoms with Crippen molar-refractivity contribution < 1.29 is 23.0 Å². The number of aryl methyl sites for hydroxylation is 1. The molecule has 4 nitrogen and oxygen atoms in total. The van der Waals surface area contributed by atoms with Crippen LogP contribution in [-0.2, 0) is 17.6 Å². The molecule has 0 spiro atoms. The zero-order chi connectivity index (χ0) is 28.2. The molecule has 0 bridgehead atoms. The number of halogens is 4. The number of aromatic nitrogens is 2. The lowest BCUT2D eigenvalue weighted by Gasteiger charge is -2.28. The van der Waals surface area contributed by atoms with E-state index in [2.05, 4.69) is 4.98 Å². The summed E-state index contributed by atoms with van der Waals surface area (Å²) in [5.41, 5.74) is 2.75. The van der Waals surface area contributed by atoms with Crippen LogP contribution in [0.3, 0.4) is 0 Å². The van der Waals surface area contributed by atoms with Gasteiger partial charge in [-0.25, -0.2) is 18.2 Å². The molecule has 39 heavy (non-hydrogen) atoms. The molecular weight excluding hydrogens is 545 g/mol. The molecule has 0 aliphatic rings. The highest BCUT2D eigenvalue weighted by atomic mass is 35.5. The normalized spacial score (nSPS) is 11.7. The van der Waals surface area contributed by atoms with Crippen LogP contribution in [0, 0.1) is 17.5 Å². The highest BCUT2D eigenvalue weighted by molar-refractivity contribution is 7.98. The Morgan fingerprint density at radius 3 is 2.44 bits per heavy atom. The van der Waals surface area contributed by atoms with Crippen molar-refractivity contribution >= 4 is 23.4 Å². The summed E-state index contributed by atoms with van der Waals surface area (Å²) >= 11 is 7.70. The molecule has 0 unspecified atom stereocenters. The Morgan fingerprint density at radius 2 is 1.77 bits per heavy atom. The van der Waals surface area contributed by atoms with E-state index in [-0.39, 0.29) is 35.6 Å². The van der Waals surface area contributed by atoms with E-state index in [4.69, 9.17) is 21.4 Å². The summed E-state index contributed by atoms with van der Waals surface area (Å²) in [5.74, 6) is -0.634. The van der Waals surface area contributed by atoms with Gasteiger partial charge in [0.15, 0.2) is 5.16 Å². The van der Waals surface area contributed by atoms with E-state index >= 15 is 0 Å². The molecule has 4 aromatic rings. The van der Waals surface area contributed by atoms with Crippen LogP contribution in [0.15, 0.2) is 66.0 Å². The van der Waals surface area contributed by atoms with Gasteiger partial charge in [-0.15, -0.1) is 0 Å². The quantitative estimate of drug-likeness (QED) is 0.146. The fourth-order valence-corrected chi connectivity index (χ4v) is 5.66. The van der Waals surface area contributed by atoms with Gasteiger partial charge in [0.25, 0.3) is 0 Å². The Bertz CT molecular complexity index is 1420. The van der Waals surface area contributed by atoms with E-state index in [9.17, 15) is 13.2 Å². The second-order valence-electron chi connectivity index (χ2n) is 9.60. The maximum Gasteiger partial charge on any atom is 0.173 e. The molecule has 1 aromatic heterocycles. The number of hydrogen-bond donors (Lipinski definition) is 1. The Hall–Kier alpha value is -2.94. The minimum Gasteiger partial charge on any atom is -0.493 e. The van der Waals surface area contributed by atoms with Gasteiger partial charge in [0.1, 0.15) is 23.2 Å². The summed E-state index contributed by atoms with van der Waals surface area (Å²) in [6.45, 7) is 6.19. The summed E-state index contributed by atoms with van der Waals surface area (Å²) in [6.07, 6.45) is 2.74. The van der Waals surface area contributed by atoms with Gasteiger partial charge in [0, 0.05) is 41.5 Å². The molecule has 4 rings (SSSR count). The van der Waals surface area contributed by atoms with Crippen LogP contribution in [0.4, 0.5) is 13.2 Å². The van der Waals surface area contributed by atoms with Crippen molar-refractivity contribution in [3.8, 4) is 11.4 Å². The van der Waals surface area contributed by atoms with Gasteiger partial charge in [-0.1, -0.05) is 56.3 Å². The van der Waals surface area contributed by atoms with Gasteiger partial charge in [-0.05, 0) is 53.9 Å². The van der Waals surface area contributed by atoms with Crippen LogP contribution in [0.1, 0.15) is 49.6 Å². The number of aliphatic hydroxyl groups excluding tert-OH is 1. The van der Waals surface area contributed by atoms with E-state index in [0.717, 1.165) is 11.3 Å². The summed E-state index contributed by atoms with van der Waals surface area (Å²) in [5, 5.41) is 9.71. The van der Waals surface area contributed by atoms with E-state index in [1.165, 1.54) is 36.0 Å². The highest BCUT2D eigenvalue weighted by Crippen LogP contribution is 2.38. The summed E-state index contributed by atoms with van der Waals surface area (Å²) in [4.78, 5) is 4.65. The summed E-state index contributed by atoms with van der Waals surface area (Å²) in [7, 11) is 0. The number of ether oxygens (including phenoxy) is 1. The van der Waals surface area contributed by atoms with Crippen molar-refractivity contribution in [3.63, 3.8) is 0 Å². The predicted molar refractivity (Wildman–Crippen MR) is 150 cm³/mol. The second-order valence-corrected chi connectivity index (χ2v) is 11.0. The monoisotopic (exact) mass is 574 g/mol. The number of benzene rings is 3. The first kappa shape index (κ1) is 29.1. The van der Waals surface area contributed by atoms with Crippen molar-refractivity contribution in [3.05, 3.63) is 106 Å². The minimum absolute atomic E-state index is 0.0225. The van der Waals surface area contributed by atoms with Crippen LogP contribution in [0.2, 0.25) is 5.02 Å². The fraction of sp³-hybridized carbons (Fsp3) is 0.300. The van der Waals surface area contributed by atoms with Crippen molar-refractivity contribution in [2.24, 2.45) is 0 Å². The molecule has 0 saturated heterocycles. The second kappa shape index (κ2) is 12.5. The van der Waals surface area contributed by atoms with E-state index in [0.29, 0.717) is 40.6 Å². The van der Waals surface area contributed by atoms with Gasteiger partial charge in [-0.3, -0.25) is 4.57 Å². The molecule has 1 heterocycles. The molecule has 1 N–H and O–H groups in total. The number of thioether (sulfide) groups is 1. The van der Waals surface area contributed by atoms with Crippen LogP contribution in [-0.4, -0.2) is 27.9 Å². The lowest BCUT2D eigenvalue weighted by atomic mass is 9.80. The largest absolute Gasteiger partial charge is 0.493 e. The number of rotatable bonds is 11. The van der Waals surface area contributed by atoms with Crippen LogP contribution in [0.5, 0.6) is 5.75 Å². The van der Waals surface area contributed by atoms with Crippen molar-refractivity contribution in [1.29, 1.82) is 0 Å². The standard InChI is InChI=1S/C30H30ClF3N2O2S/c1-4-19-14-20(6-11-26(19)33)30(2,3)28-17-35-29(36(28)22-9-7-21(32)8-10-22)39-18-24-25(31)15-23(16-27(24)34)38-13-5-12-37/h6-11,14-17,37H,4-5,12-13,18H2,1-3H3. The fourth-order valence-electron chi connectivity index (χ4n) is 4.29. The highest BCUT2D eigenvalue weighted by Gasteiger charge is 2.30. The van der Waals surface area contributed by atoms with Gasteiger partial charge in [0.2, 0.25) is 0 Å². The molecule has 0 aliphatic carbocycles. The maximum absolute atomic E-state index is 15.0. The number of nitrogens with zero attached hydrogens (tertiary/aromatic N) is 2. The van der Waals surface area contributed by atoms with Crippen molar-refractivity contribution in [2.75, 3.05) is 13.2 Å². The Labute approximate surface area is 235 Å². The van der Waals surface area contributed by atoms with E-state index < -0.39 is 11.2 Å². The first-order chi connectivity index (χ1) is 18.6. The molecule has 0 atom stereocenters. The smallest absolute Gasteiger partial charge is 0.173 e. The zero-order valence-electron chi connectivity index (χ0n) is 22.0. The average Bonchev–Trinajstić information content (AvgIpc) is 3.34. The van der Waals surface area contributed by atoms with Gasteiger partial charge in [-0.2, -0.15) is 0 Å². The van der Waals surface area contributed by atoms with Crippen molar-refractivity contribution in [2.45, 2.75) is 49.9 Å². The SMILES string of the molecule is CCc1cc(C(C)(C)c2cnc(SCc3c(F)cc(OCCCO)cc3Cl)n2-c2ccc(F)cc2)ccc1F. The molecule has 3 aromatic carbocycles. The van der Waals surface area contributed by atoms with Crippen LogP contribution >= 0.6 is 23.4 Å². The third kappa shape index (κ3) is 6.45. The van der Waals surface area contributed by atoms with E-state index in [1.54, 1.807) is 30.5 Å². The van der Waals surface area contributed by atoms with Gasteiger partial charge >= 0.3 is 0 Å². The molecule has 0 amide bonds. The van der Waals surface area contributed by atoms with Gasteiger partial charge in [0.05, 0.1) is 23.5 Å². The Balaban J connectivity index is 1.70. The first-order valence-electron chi connectivity index (χ1n) is 12.6. The molecular formula is C30H30ClF3N2O2S.